The number of amides is 1. The Balaban J connectivity index is 1.69. The van der Waals surface area contributed by atoms with Crippen LogP contribution in [0.25, 0.3) is 0 Å². The van der Waals surface area contributed by atoms with Gasteiger partial charge in [-0.2, -0.15) is 0 Å². The second kappa shape index (κ2) is 6.05. The number of carbonyl (C=O) groups excluding carboxylic acids is 1. The molecule has 2 aliphatic rings. The van der Waals surface area contributed by atoms with Crippen molar-refractivity contribution in [2.24, 2.45) is 11.8 Å². The molecule has 2 N–H and O–H groups in total. The summed E-state index contributed by atoms with van der Waals surface area (Å²) in [7, 11) is 0. The van der Waals surface area contributed by atoms with Crippen LogP contribution in [0.1, 0.15) is 64.7 Å². The van der Waals surface area contributed by atoms with E-state index < -0.39 is 5.60 Å². The summed E-state index contributed by atoms with van der Waals surface area (Å²) in [6, 6.07) is 0. The van der Waals surface area contributed by atoms with E-state index in [1.807, 2.05) is 6.92 Å². The molecule has 3 nitrogen and oxygen atoms in total. The largest absolute Gasteiger partial charge is 0.388 e. The van der Waals surface area contributed by atoms with Crippen molar-refractivity contribution in [2.75, 3.05) is 6.54 Å². The average molecular weight is 253 g/mol. The van der Waals surface area contributed by atoms with E-state index in [4.69, 9.17) is 0 Å². The van der Waals surface area contributed by atoms with Crippen molar-refractivity contribution in [2.45, 2.75) is 70.3 Å². The molecule has 1 unspecified atom stereocenters. The van der Waals surface area contributed by atoms with Gasteiger partial charge >= 0.3 is 0 Å². The highest BCUT2D eigenvalue weighted by molar-refractivity contribution is 5.78. The smallest absolute Gasteiger partial charge is 0.222 e. The van der Waals surface area contributed by atoms with Gasteiger partial charge in [-0.25, -0.2) is 0 Å². The van der Waals surface area contributed by atoms with Gasteiger partial charge in [0.05, 0.1) is 5.60 Å². The van der Waals surface area contributed by atoms with Crippen LogP contribution in [0.3, 0.4) is 0 Å². The third-order valence-electron chi connectivity index (χ3n) is 4.74. The molecule has 2 fully saturated rings. The molecular formula is C15H27NO2. The van der Waals surface area contributed by atoms with Gasteiger partial charge in [0.2, 0.25) is 5.91 Å². The fourth-order valence-corrected chi connectivity index (χ4v) is 3.49. The fourth-order valence-electron chi connectivity index (χ4n) is 3.49. The van der Waals surface area contributed by atoms with Crippen molar-refractivity contribution in [3.05, 3.63) is 0 Å². The fraction of sp³-hybridized carbons (Fsp3) is 0.933. The van der Waals surface area contributed by atoms with Crippen LogP contribution in [0.5, 0.6) is 0 Å². The van der Waals surface area contributed by atoms with Crippen LogP contribution in [0.15, 0.2) is 0 Å². The molecule has 0 saturated heterocycles. The SMILES string of the molecule is CC(CC1CCCC1)C(=O)NCC1(O)CCCC1. The predicted octanol–water partition coefficient (Wildman–Crippen LogP) is 2.62. The first kappa shape index (κ1) is 13.9. The first-order chi connectivity index (χ1) is 8.59. The summed E-state index contributed by atoms with van der Waals surface area (Å²) in [5.74, 6) is 0.973. The molecule has 18 heavy (non-hydrogen) atoms. The molecule has 2 rings (SSSR count). The zero-order chi connectivity index (χ0) is 13.0. The van der Waals surface area contributed by atoms with E-state index in [-0.39, 0.29) is 11.8 Å². The van der Waals surface area contributed by atoms with Crippen LogP contribution >= 0.6 is 0 Å². The maximum absolute atomic E-state index is 12.0. The van der Waals surface area contributed by atoms with Crippen molar-refractivity contribution < 1.29 is 9.90 Å². The minimum Gasteiger partial charge on any atom is -0.388 e. The molecule has 2 aliphatic carbocycles. The van der Waals surface area contributed by atoms with Crippen LogP contribution < -0.4 is 5.32 Å². The minimum atomic E-state index is -0.622. The van der Waals surface area contributed by atoms with E-state index in [1.165, 1.54) is 25.7 Å². The predicted molar refractivity (Wildman–Crippen MR) is 72.2 cm³/mol. The molecule has 0 bridgehead atoms. The van der Waals surface area contributed by atoms with E-state index in [2.05, 4.69) is 5.32 Å². The second-order valence-electron chi connectivity index (χ2n) is 6.44. The maximum Gasteiger partial charge on any atom is 0.222 e. The van der Waals surface area contributed by atoms with Crippen LogP contribution in [-0.4, -0.2) is 23.2 Å². The van der Waals surface area contributed by atoms with E-state index >= 15 is 0 Å². The molecular weight excluding hydrogens is 226 g/mol. The Morgan fingerprint density at radius 2 is 1.89 bits per heavy atom. The Morgan fingerprint density at radius 1 is 1.28 bits per heavy atom. The van der Waals surface area contributed by atoms with E-state index in [0.29, 0.717) is 6.54 Å². The Hall–Kier alpha value is -0.570. The molecule has 104 valence electrons. The number of rotatable bonds is 5. The van der Waals surface area contributed by atoms with E-state index in [0.717, 1.165) is 38.0 Å². The lowest BCUT2D eigenvalue weighted by Gasteiger charge is -2.24. The molecule has 0 spiro atoms. The second-order valence-corrected chi connectivity index (χ2v) is 6.44. The van der Waals surface area contributed by atoms with Crippen molar-refractivity contribution >= 4 is 5.91 Å². The third kappa shape index (κ3) is 3.71. The molecule has 1 amide bonds. The van der Waals surface area contributed by atoms with Gasteiger partial charge in [0.25, 0.3) is 0 Å². The summed E-state index contributed by atoms with van der Waals surface area (Å²) in [5, 5.41) is 13.1. The molecule has 2 saturated carbocycles. The van der Waals surface area contributed by atoms with Crippen molar-refractivity contribution in [3.8, 4) is 0 Å². The molecule has 0 aromatic carbocycles. The monoisotopic (exact) mass is 253 g/mol. The summed E-state index contributed by atoms with van der Waals surface area (Å²) < 4.78 is 0. The van der Waals surface area contributed by atoms with Crippen LogP contribution in [0, 0.1) is 11.8 Å². The first-order valence-electron chi connectivity index (χ1n) is 7.59. The summed E-state index contributed by atoms with van der Waals surface area (Å²) in [4.78, 5) is 12.0. The van der Waals surface area contributed by atoms with Gasteiger partial charge in [-0.1, -0.05) is 45.4 Å². The van der Waals surface area contributed by atoms with Gasteiger partial charge < -0.3 is 10.4 Å². The van der Waals surface area contributed by atoms with Crippen molar-refractivity contribution in [3.63, 3.8) is 0 Å². The minimum absolute atomic E-state index is 0.0955. The van der Waals surface area contributed by atoms with Crippen LogP contribution in [0.4, 0.5) is 0 Å². The first-order valence-corrected chi connectivity index (χ1v) is 7.59. The highest BCUT2D eigenvalue weighted by Gasteiger charge is 2.32. The Morgan fingerprint density at radius 3 is 2.50 bits per heavy atom. The van der Waals surface area contributed by atoms with Crippen LogP contribution in [0.2, 0.25) is 0 Å². The Kier molecular flexibility index (Phi) is 4.66. The van der Waals surface area contributed by atoms with Crippen LogP contribution in [-0.2, 0) is 4.79 Å². The Labute approximate surface area is 110 Å². The highest BCUT2D eigenvalue weighted by atomic mass is 16.3. The average Bonchev–Trinajstić information content (AvgIpc) is 2.98. The lowest BCUT2D eigenvalue weighted by Crippen LogP contribution is -2.42. The highest BCUT2D eigenvalue weighted by Crippen LogP contribution is 2.31. The van der Waals surface area contributed by atoms with Gasteiger partial charge in [-0.15, -0.1) is 0 Å². The standard InChI is InChI=1S/C15H27NO2/c1-12(10-13-6-2-3-7-13)14(17)16-11-15(18)8-4-5-9-15/h12-13,18H,2-11H2,1H3,(H,16,17). The van der Waals surface area contributed by atoms with Gasteiger partial charge in [-0.05, 0) is 25.2 Å². The quantitative estimate of drug-likeness (QED) is 0.791. The van der Waals surface area contributed by atoms with Gasteiger partial charge in [0.1, 0.15) is 0 Å². The summed E-state index contributed by atoms with van der Waals surface area (Å²) in [6.45, 7) is 2.47. The molecule has 0 aromatic rings. The van der Waals surface area contributed by atoms with E-state index in [9.17, 15) is 9.90 Å². The summed E-state index contributed by atoms with van der Waals surface area (Å²) in [5.41, 5.74) is -0.622. The number of aliphatic hydroxyl groups is 1. The number of carbonyl (C=O) groups is 1. The maximum atomic E-state index is 12.0. The third-order valence-corrected chi connectivity index (χ3v) is 4.74. The molecule has 0 aliphatic heterocycles. The lowest BCUT2D eigenvalue weighted by molar-refractivity contribution is -0.126. The molecule has 1 atom stereocenters. The molecule has 3 heteroatoms. The Bertz CT molecular complexity index is 278. The van der Waals surface area contributed by atoms with Crippen molar-refractivity contribution in [1.29, 1.82) is 0 Å². The van der Waals surface area contributed by atoms with E-state index in [1.54, 1.807) is 0 Å². The number of hydrogen-bond acceptors (Lipinski definition) is 2. The summed E-state index contributed by atoms with van der Waals surface area (Å²) >= 11 is 0. The van der Waals surface area contributed by atoms with Gasteiger partial charge in [0, 0.05) is 12.5 Å². The summed E-state index contributed by atoms with van der Waals surface area (Å²) in [6.07, 6.45) is 10.1. The number of nitrogens with one attached hydrogen (secondary N) is 1. The molecule has 0 radical (unpaired) electrons. The van der Waals surface area contributed by atoms with Gasteiger partial charge in [-0.3, -0.25) is 4.79 Å². The normalized spacial score (nSPS) is 25.2. The number of hydrogen-bond donors (Lipinski definition) is 2. The lowest BCUT2D eigenvalue weighted by atomic mass is 9.93. The molecule has 0 aromatic heterocycles. The topological polar surface area (TPSA) is 49.3 Å². The van der Waals surface area contributed by atoms with Crippen molar-refractivity contribution in [1.82, 2.24) is 5.32 Å². The molecule has 0 heterocycles. The zero-order valence-corrected chi connectivity index (χ0v) is 11.6. The van der Waals surface area contributed by atoms with Gasteiger partial charge in [0.15, 0.2) is 0 Å². The zero-order valence-electron chi connectivity index (χ0n) is 11.6.